The molecule has 3 heterocycles. The fourth-order valence-electron chi connectivity index (χ4n) is 3.37. The fourth-order valence-corrected chi connectivity index (χ4v) is 3.37. The first kappa shape index (κ1) is 15.3. The number of halogens is 1. The zero-order chi connectivity index (χ0) is 17.5. The molecule has 0 radical (unpaired) electrons. The van der Waals surface area contributed by atoms with Crippen molar-refractivity contribution in [1.82, 2.24) is 24.3 Å². The Labute approximate surface area is 150 Å². The molecule has 0 spiro atoms. The van der Waals surface area contributed by atoms with Crippen LogP contribution in [0.5, 0.6) is 0 Å². The van der Waals surface area contributed by atoms with Crippen molar-refractivity contribution in [3.63, 3.8) is 0 Å². The molecule has 1 fully saturated rings. The Hall–Kier alpha value is -3.02. The summed E-state index contributed by atoms with van der Waals surface area (Å²) in [7, 11) is 0. The van der Waals surface area contributed by atoms with Crippen molar-refractivity contribution in [1.29, 1.82) is 0 Å². The van der Waals surface area contributed by atoms with E-state index in [1.54, 1.807) is 23.1 Å². The molecule has 0 unspecified atom stereocenters. The van der Waals surface area contributed by atoms with E-state index >= 15 is 0 Å². The van der Waals surface area contributed by atoms with Crippen molar-refractivity contribution >= 4 is 11.2 Å². The molecule has 3 aromatic heterocycles. The van der Waals surface area contributed by atoms with Crippen LogP contribution in [0, 0.1) is 11.7 Å². The highest BCUT2D eigenvalue weighted by atomic mass is 19.1. The fraction of sp³-hybridized carbons (Fsp3) is 0.250. The second-order valence-electron chi connectivity index (χ2n) is 6.82. The lowest BCUT2D eigenvalue weighted by molar-refractivity contribution is 0.612. The molecule has 1 aliphatic carbocycles. The average Bonchev–Trinajstić information content (AvgIpc) is 3.24. The molecule has 1 saturated carbocycles. The van der Waals surface area contributed by atoms with Crippen molar-refractivity contribution < 1.29 is 4.39 Å². The molecule has 4 aromatic rings. The second-order valence-corrected chi connectivity index (χ2v) is 6.82. The molecule has 5 rings (SSSR count). The molecule has 0 N–H and O–H groups in total. The Kier molecular flexibility index (Phi) is 3.55. The topological polar surface area (TPSA) is 48.5 Å². The highest BCUT2D eigenvalue weighted by Crippen LogP contribution is 2.32. The third kappa shape index (κ3) is 2.77. The van der Waals surface area contributed by atoms with Gasteiger partial charge in [-0.1, -0.05) is 6.07 Å². The van der Waals surface area contributed by atoms with Crippen LogP contribution in [0.4, 0.5) is 4.39 Å². The zero-order valence-electron chi connectivity index (χ0n) is 14.2. The quantitative estimate of drug-likeness (QED) is 0.552. The van der Waals surface area contributed by atoms with Gasteiger partial charge in [0.25, 0.3) is 0 Å². The lowest BCUT2D eigenvalue weighted by Gasteiger charge is -2.10. The summed E-state index contributed by atoms with van der Waals surface area (Å²) in [6.45, 7) is 0.978. The van der Waals surface area contributed by atoms with E-state index in [9.17, 15) is 4.39 Å². The van der Waals surface area contributed by atoms with Gasteiger partial charge in [0.2, 0.25) is 0 Å². The molecular formula is C20H18FN5. The van der Waals surface area contributed by atoms with E-state index in [1.807, 2.05) is 18.2 Å². The van der Waals surface area contributed by atoms with Crippen molar-refractivity contribution in [2.45, 2.75) is 25.8 Å². The first-order valence-electron chi connectivity index (χ1n) is 8.87. The van der Waals surface area contributed by atoms with E-state index in [-0.39, 0.29) is 5.82 Å². The van der Waals surface area contributed by atoms with Crippen molar-refractivity contribution in [3.8, 4) is 5.69 Å². The number of nitrogens with zero attached hydrogens (tertiary/aromatic N) is 5. The van der Waals surface area contributed by atoms with Gasteiger partial charge in [-0.25, -0.2) is 19.0 Å². The number of hydrogen-bond acceptors (Lipinski definition) is 3. The van der Waals surface area contributed by atoms with E-state index in [0.29, 0.717) is 12.1 Å². The largest absolute Gasteiger partial charge is 0.326 e. The van der Waals surface area contributed by atoms with Crippen LogP contribution in [0.1, 0.15) is 24.4 Å². The van der Waals surface area contributed by atoms with Gasteiger partial charge in [-0.05, 0) is 55.2 Å². The van der Waals surface area contributed by atoms with Crippen LogP contribution in [0.2, 0.25) is 0 Å². The standard InChI is InChI=1S/C20H18FN5/c21-15-3-1-4-16(11-15)26-17(8-10-23-26)12-19-24-20-18(5-2-9-22-20)25(19)13-14-6-7-14/h1-5,8-11,14H,6-7,12-13H2. The van der Waals surface area contributed by atoms with E-state index < -0.39 is 0 Å². The highest BCUT2D eigenvalue weighted by molar-refractivity contribution is 5.71. The maximum absolute atomic E-state index is 13.6. The van der Waals surface area contributed by atoms with E-state index in [2.05, 4.69) is 20.7 Å². The minimum absolute atomic E-state index is 0.269. The van der Waals surface area contributed by atoms with Crippen LogP contribution >= 0.6 is 0 Å². The SMILES string of the molecule is Fc1cccc(-n2nccc2Cc2nc3ncccc3n2CC2CC2)c1. The van der Waals surface area contributed by atoms with Gasteiger partial charge in [0.15, 0.2) is 5.65 Å². The summed E-state index contributed by atoms with van der Waals surface area (Å²) in [4.78, 5) is 9.17. The van der Waals surface area contributed by atoms with E-state index in [1.165, 1.54) is 25.0 Å². The van der Waals surface area contributed by atoms with Gasteiger partial charge in [0.1, 0.15) is 11.6 Å². The summed E-state index contributed by atoms with van der Waals surface area (Å²) in [5.41, 5.74) is 3.54. The lowest BCUT2D eigenvalue weighted by atomic mass is 10.2. The number of hydrogen-bond donors (Lipinski definition) is 0. The number of imidazole rings is 1. The van der Waals surface area contributed by atoms with Gasteiger partial charge in [-0.2, -0.15) is 5.10 Å². The number of pyridine rings is 1. The van der Waals surface area contributed by atoms with Gasteiger partial charge in [0, 0.05) is 25.4 Å². The van der Waals surface area contributed by atoms with Crippen molar-refractivity contribution in [2.75, 3.05) is 0 Å². The normalized spacial score (nSPS) is 14.2. The molecule has 0 bridgehead atoms. The summed E-state index contributed by atoms with van der Waals surface area (Å²) in [5.74, 6) is 1.44. The van der Waals surface area contributed by atoms with Crippen molar-refractivity contribution in [3.05, 3.63) is 72.2 Å². The molecule has 0 atom stereocenters. The number of rotatable bonds is 5. The monoisotopic (exact) mass is 347 g/mol. The second kappa shape index (κ2) is 6.05. The minimum atomic E-state index is -0.269. The van der Waals surface area contributed by atoms with Gasteiger partial charge >= 0.3 is 0 Å². The van der Waals surface area contributed by atoms with Gasteiger partial charge in [-0.3, -0.25) is 0 Å². The van der Waals surface area contributed by atoms with Gasteiger partial charge < -0.3 is 4.57 Å². The first-order chi connectivity index (χ1) is 12.8. The maximum Gasteiger partial charge on any atom is 0.177 e. The lowest BCUT2D eigenvalue weighted by Crippen LogP contribution is -2.09. The Balaban J connectivity index is 1.55. The summed E-state index contributed by atoms with van der Waals surface area (Å²) < 4.78 is 17.7. The first-order valence-corrected chi connectivity index (χ1v) is 8.87. The Morgan fingerprint density at radius 3 is 2.85 bits per heavy atom. The smallest absolute Gasteiger partial charge is 0.177 e. The Morgan fingerprint density at radius 1 is 1.08 bits per heavy atom. The number of benzene rings is 1. The summed E-state index contributed by atoms with van der Waals surface area (Å²) >= 11 is 0. The van der Waals surface area contributed by atoms with E-state index in [4.69, 9.17) is 4.98 Å². The van der Waals surface area contributed by atoms with Crippen LogP contribution < -0.4 is 0 Å². The van der Waals surface area contributed by atoms with Crippen molar-refractivity contribution in [2.24, 2.45) is 5.92 Å². The molecule has 1 aromatic carbocycles. The summed E-state index contributed by atoms with van der Waals surface area (Å²) in [6, 6.07) is 12.5. The Morgan fingerprint density at radius 2 is 2.00 bits per heavy atom. The van der Waals surface area contributed by atoms with E-state index in [0.717, 1.165) is 35.1 Å². The van der Waals surface area contributed by atoms with Crippen LogP contribution in [-0.2, 0) is 13.0 Å². The van der Waals surface area contributed by atoms with Crippen LogP contribution in [0.15, 0.2) is 54.9 Å². The summed E-state index contributed by atoms with van der Waals surface area (Å²) in [5, 5.41) is 4.38. The molecule has 0 aliphatic heterocycles. The van der Waals surface area contributed by atoms with Gasteiger partial charge in [-0.15, -0.1) is 0 Å². The Bertz CT molecular complexity index is 1080. The zero-order valence-corrected chi connectivity index (χ0v) is 14.2. The summed E-state index contributed by atoms with van der Waals surface area (Å²) in [6.07, 6.45) is 6.70. The molecule has 6 heteroatoms. The number of aromatic nitrogens is 5. The molecule has 0 saturated heterocycles. The predicted molar refractivity (Wildman–Crippen MR) is 96.6 cm³/mol. The molecular weight excluding hydrogens is 329 g/mol. The third-order valence-electron chi connectivity index (χ3n) is 4.85. The molecule has 5 nitrogen and oxygen atoms in total. The molecule has 26 heavy (non-hydrogen) atoms. The third-order valence-corrected chi connectivity index (χ3v) is 4.85. The average molecular weight is 347 g/mol. The highest BCUT2D eigenvalue weighted by Gasteiger charge is 2.25. The molecule has 0 amide bonds. The molecule has 130 valence electrons. The number of fused-ring (bicyclic) bond motifs is 1. The van der Waals surface area contributed by atoms with Crippen LogP contribution in [0.3, 0.4) is 0 Å². The van der Waals surface area contributed by atoms with Crippen LogP contribution in [-0.4, -0.2) is 24.3 Å². The van der Waals surface area contributed by atoms with Crippen LogP contribution in [0.25, 0.3) is 16.9 Å². The maximum atomic E-state index is 13.6. The predicted octanol–water partition coefficient (Wildman–Crippen LogP) is 3.76. The van der Waals surface area contributed by atoms with Gasteiger partial charge in [0.05, 0.1) is 16.9 Å². The molecule has 1 aliphatic rings. The minimum Gasteiger partial charge on any atom is -0.326 e.